The predicted octanol–water partition coefficient (Wildman–Crippen LogP) is 5.07. The number of hydrogen-bond acceptors (Lipinski definition) is 7. The van der Waals surface area contributed by atoms with Gasteiger partial charge in [-0.2, -0.15) is 0 Å². The average Bonchev–Trinajstić information content (AvgIpc) is 3.14. The zero-order chi connectivity index (χ0) is 35.0. The molecule has 0 heterocycles. The lowest BCUT2D eigenvalue weighted by Gasteiger charge is -2.36. The van der Waals surface area contributed by atoms with Crippen LogP contribution in [0.3, 0.4) is 0 Å². The van der Waals surface area contributed by atoms with Crippen molar-refractivity contribution in [1.29, 1.82) is 0 Å². The molecule has 4 rings (SSSR count). The minimum atomic E-state index is -0.873. The van der Waals surface area contributed by atoms with Crippen LogP contribution in [-0.2, 0) is 27.2 Å². The highest BCUT2D eigenvalue weighted by Gasteiger charge is 2.43. The first-order chi connectivity index (χ1) is 23.9. The number of ketones is 1. The highest BCUT2D eigenvalue weighted by molar-refractivity contribution is 6.43. The van der Waals surface area contributed by atoms with Crippen molar-refractivity contribution in [3.8, 4) is 17.2 Å². The molecule has 0 aliphatic heterocycles. The highest BCUT2D eigenvalue weighted by Crippen LogP contribution is 2.38. The Labute approximate surface area is 289 Å². The summed E-state index contributed by atoms with van der Waals surface area (Å²) in [6, 6.07) is 22.5. The van der Waals surface area contributed by atoms with E-state index in [1.54, 1.807) is 0 Å². The van der Waals surface area contributed by atoms with E-state index < -0.39 is 29.6 Å². The molecule has 262 valence electrons. The molecule has 10 nitrogen and oxygen atoms in total. The van der Waals surface area contributed by atoms with Gasteiger partial charge in [0.2, 0.25) is 23.3 Å². The molecule has 1 aliphatic carbocycles. The lowest BCUT2D eigenvalue weighted by Crippen LogP contribution is -2.56. The number of rotatable bonds is 18. The molecule has 0 radical (unpaired) electrons. The van der Waals surface area contributed by atoms with Gasteiger partial charge in [-0.05, 0) is 74.6 Å². The van der Waals surface area contributed by atoms with E-state index in [4.69, 9.17) is 14.2 Å². The van der Waals surface area contributed by atoms with Crippen LogP contribution < -0.4 is 30.2 Å². The fourth-order valence-electron chi connectivity index (χ4n) is 6.47. The van der Waals surface area contributed by atoms with E-state index in [0.717, 1.165) is 38.5 Å². The second-order valence-corrected chi connectivity index (χ2v) is 12.4. The second kappa shape index (κ2) is 19.2. The lowest BCUT2D eigenvalue weighted by atomic mass is 9.74. The fourth-order valence-corrected chi connectivity index (χ4v) is 6.47. The summed E-state index contributed by atoms with van der Waals surface area (Å²) in [4.78, 5) is 54.1. The van der Waals surface area contributed by atoms with E-state index in [9.17, 15) is 19.2 Å². The minimum Gasteiger partial charge on any atom is -0.493 e. The summed E-state index contributed by atoms with van der Waals surface area (Å²) < 4.78 is 16.0. The normalized spacial score (nSPS) is 17.0. The number of carbonyl (C=O) groups is 4. The predicted molar refractivity (Wildman–Crippen MR) is 188 cm³/mol. The first-order valence-electron chi connectivity index (χ1n) is 17.1. The Morgan fingerprint density at radius 2 is 1.20 bits per heavy atom. The molecule has 3 aromatic rings. The molecular weight excluding hydrogens is 622 g/mol. The Kier molecular flexibility index (Phi) is 14.5. The third-order valence-corrected chi connectivity index (χ3v) is 9.05. The summed E-state index contributed by atoms with van der Waals surface area (Å²) in [5.41, 5.74) is 2.54. The zero-order valence-corrected chi connectivity index (χ0v) is 28.8. The molecule has 3 amide bonds. The van der Waals surface area contributed by atoms with Crippen molar-refractivity contribution in [2.45, 2.75) is 63.8 Å². The van der Waals surface area contributed by atoms with Crippen molar-refractivity contribution in [2.24, 2.45) is 11.8 Å². The summed E-state index contributed by atoms with van der Waals surface area (Å²) >= 11 is 0. The molecule has 3 aromatic carbocycles. The zero-order valence-electron chi connectivity index (χ0n) is 28.8. The van der Waals surface area contributed by atoms with E-state index in [2.05, 4.69) is 40.2 Å². The number of aryl methyl sites for hydroxylation is 2. The number of ether oxygens (including phenoxy) is 3. The molecule has 0 spiro atoms. The number of Topliss-reactive ketones (excluding diaryl/α,β-unsaturated/α-hetero) is 1. The van der Waals surface area contributed by atoms with Gasteiger partial charge in [-0.1, -0.05) is 67.1 Å². The van der Waals surface area contributed by atoms with Crippen LogP contribution in [0, 0.1) is 11.8 Å². The third-order valence-electron chi connectivity index (χ3n) is 9.05. The van der Waals surface area contributed by atoms with Gasteiger partial charge in [-0.25, -0.2) is 0 Å². The Hall–Kier alpha value is -4.86. The summed E-state index contributed by atoms with van der Waals surface area (Å²) in [7, 11) is 4.30. The summed E-state index contributed by atoms with van der Waals surface area (Å²) in [6.07, 6.45) is 6.79. The topological polar surface area (TPSA) is 132 Å². The fraction of sp³-hybridized carbons (Fsp3) is 0.436. The van der Waals surface area contributed by atoms with Crippen molar-refractivity contribution in [3.05, 3.63) is 89.5 Å². The first kappa shape index (κ1) is 37.0. The Balaban J connectivity index is 1.42. The molecule has 1 saturated carbocycles. The second-order valence-electron chi connectivity index (χ2n) is 12.4. The van der Waals surface area contributed by atoms with Crippen LogP contribution in [0.1, 0.15) is 66.4 Å². The lowest BCUT2D eigenvalue weighted by molar-refractivity contribution is -0.138. The smallest absolute Gasteiger partial charge is 0.292 e. The van der Waals surface area contributed by atoms with Gasteiger partial charge in [0.05, 0.1) is 33.2 Å². The maximum Gasteiger partial charge on any atom is 0.292 e. The van der Waals surface area contributed by atoms with E-state index in [1.807, 2.05) is 36.4 Å². The SMILES string of the molecule is COc1cc(C(=O)C(=O)N[C@@H]2CCC[C@@H](C(=O)NCCCCc3ccccc3)[C@H]2C(=O)NCCCCc2ccccc2)cc(OC)c1OC. The van der Waals surface area contributed by atoms with E-state index in [0.29, 0.717) is 38.1 Å². The molecule has 49 heavy (non-hydrogen) atoms. The van der Waals surface area contributed by atoms with Crippen LogP contribution >= 0.6 is 0 Å². The number of carbonyl (C=O) groups excluding carboxylic acids is 4. The van der Waals surface area contributed by atoms with Gasteiger partial charge in [0.25, 0.3) is 5.91 Å². The number of unbranched alkanes of at least 4 members (excludes halogenated alkanes) is 2. The number of hydrogen-bond donors (Lipinski definition) is 3. The van der Waals surface area contributed by atoms with Gasteiger partial charge in [-0.3, -0.25) is 19.2 Å². The quantitative estimate of drug-likeness (QED) is 0.0977. The maximum atomic E-state index is 13.8. The molecule has 10 heteroatoms. The third kappa shape index (κ3) is 10.6. The van der Waals surface area contributed by atoms with Gasteiger partial charge >= 0.3 is 0 Å². The standard InChI is InChI=1S/C39H49N3O7/c1-47-32-25-29(26-33(48-2)36(32)49-3)35(43)39(46)42-31-22-14-21-30(37(44)40-23-12-10-19-27-15-6-4-7-16-27)34(31)38(45)41-24-13-11-20-28-17-8-5-9-18-28/h4-9,15-18,25-26,30-31,34H,10-14,19-24H2,1-3H3,(H,40,44)(H,41,45)(H,42,46)/t30-,31-,34-/m1/s1. The summed E-state index contributed by atoms with van der Waals surface area (Å²) in [5.74, 6) is -2.90. The van der Waals surface area contributed by atoms with Gasteiger partial charge in [-0.15, -0.1) is 0 Å². The minimum absolute atomic E-state index is 0.0482. The van der Waals surface area contributed by atoms with Crippen LogP contribution in [0.25, 0.3) is 0 Å². The molecule has 0 bridgehead atoms. The van der Waals surface area contributed by atoms with Crippen LogP contribution in [-0.4, -0.2) is 64.0 Å². The van der Waals surface area contributed by atoms with Gasteiger partial charge in [0.15, 0.2) is 11.5 Å². The average molecular weight is 672 g/mol. The van der Waals surface area contributed by atoms with Crippen molar-refractivity contribution in [3.63, 3.8) is 0 Å². The van der Waals surface area contributed by atoms with Gasteiger partial charge < -0.3 is 30.2 Å². The van der Waals surface area contributed by atoms with Gasteiger partial charge in [0, 0.05) is 24.7 Å². The van der Waals surface area contributed by atoms with Crippen molar-refractivity contribution in [2.75, 3.05) is 34.4 Å². The van der Waals surface area contributed by atoms with Crippen LogP contribution in [0.15, 0.2) is 72.8 Å². The van der Waals surface area contributed by atoms with E-state index in [-0.39, 0.29) is 28.9 Å². The molecule has 3 N–H and O–H groups in total. The molecule has 1 aliphatic rings. The van der Waals surface area contributed by atoms with Crippen molar-refractivity contribution >= 4 is 23.5 Å². The number of amides is 3. The summed E-state index contributed by atoms with van der Waals surface area (Å²) in [5, 5.41) is 8.87. The van der Waals surface area contributed by atoms with Crippen molar-refractivity contribution in [1.82, 2.24) is 16.0 Å². The van der Waals surface area contributed by atoms with E-state index in [1.165, 1.54) is 44.6 Å². The van der Waals surface area contributed by atoms with Crippen LogP contribution in [0.4, 0.5) is 0 Å². The maximum absolute atomic E-state index is 13.8. The molecule has 0 unspecified atom stereocenters. The Morgan fingerprint density at radius 3 is 1.71 bits per heavy atom. The van der Waals surface area contributed by atoms with Crippen molar-refractivity contribution < 1.29 is 33.4 Å². The Bertz CT molecular complexity index is 1510. The molecule has 1 fully saturated rings. The number of nitrogens with one attached hydrogen (secondary N) is 3. The van der Waals surface area contributed by atoms with Gasteiger partial charge in [0.1, 0.15) is 0 Å². The number of benzene rings is 3. The molecular formula is C39H49N3O7. The largest absolute Gasteiger partial charge is 0.493 e. The van der Waals surface area contributed by atoms with Crippen LogP contribution in [0.2, 0.25) is 0 Å². The summed E-state index contributed by atoms with van der Waals surface area (Å²) in [6.45, 7) is 0.938. The number of methoxy groups -OCH3 is 3. The Morgan fingerprint density at radius 1 is 0.673 bits per heavy atom. The molecule has 0 aromatic heterocycles. The van der Waals surface area contributed by atoms with Crippen LogP contribution in [0.5, 0.6) is 17.2 Å². The molecule has 3 atom stereocenters. The highest BCUT2D eigenvalue weighted by atomic mass is 16.5. The van der Waals surface area contributed by atoms with E-state index >= 15 is 0 Å². The molecule has 0 saturated heterocycles. The first-order valence-corrected chi connectivity index (χ1v) is 17.1. The monoisotopic (exact) mass is 671 g/mol.